The SMILES string of the molecule is C[NH+]1CC2CCC(C)(C1)C2(C)C.[Cl-]. The number of halogens is 1. The van der Waals surface area contributed by atoms with Gasteiger partial charge in [0, 0.05) is 11.3 Å². The topological polar surface area (TPSA) is 4.44 Å². The van der Waals surface area contributed by atoms with Crippen LogP contribution in [0.1, 0.15) is 33.6 Å². The maximum atomic E-state index is 2.50. The molecule has 13 heavy (non-hydrogen) atoms. The van der Waals surface area contributed by atoms with Gasteiger partial charge in [0.1, 0.15) is 0 Å². The Morgan fingerprint density at radius 3 is 2.38 bits per heavy atom. The molecule has 1 aliphatic carbocycles. The molecule has 0 aromatic rings. The average Bonchev–Trinajstić information content (AvgIpc) is 2.16. The second-order valence-corrected chi connectivity index (χ2v) is 5.86. The van der Waals surface area contributed by atoms with Crippen LogP contribution in [0.5, 0.6) is 0 Å². The van der Waals surface area contributed by atoms with E-state index in [-0.39, 0.29) is 12.4 Å². The zero-order chi connectivity index (χ0) is 8.98. The highest BCUT2D eigenvalue weighted by molar-refractivity contribution is 5.01. The van der Waals surface area contributed by atoms with Crippen LogP contribution in [0.15, 0.2) is 0 Å². The molecular formula is C11H22ClN. The lowest BCUT2D eigenvalue weighted by Gasteiger charge is -2.47. The Kier molecular flexibility index (Phi) is 2.73. The summed E-state index contributed by atoms with van der Waals surface area (Å²) in [5.74, 6) is 0.983. The molecule has 1 aliphatic heterocycles. The molecule has 0 spiro atoms. The van der Waals surface area contributed by atoms with Crippen molar-refractivity contribution in [1.82, 2.24) is 0 Å². The first-order valence-corrected chi connectivity index (χ1v) is 5.27. The van der Waals surface area contributed by atoms with E-state index >= 15 is 0 Å². The highest BCUT2D eigenvalue weighted by Gasteiger charge is 2.57. The fourth-order valence-electron chi connectivity index (χ4n) is 3.50. The first kappa shape index (κ1) is 11.3. The molecule has 2 heteroatoms. The van der Waals surface area contributed by atoms with Crippen molar-refractivity contribution < 1.29 is 17.3 Å². The largest absolute Gasteiger partial charge is 1.00 e. The Balaban J connectivity index is 0.000000845. The zero-order valence-corrected chi connectivity index (χ0v) is 10.0. The number of piperidine rings is 1. The van der Waals surface area contributed by atoms with E-state index in [2.05, 4.69) is 27.8 Å². The monoisotopic (exact) mass is 203 g/mol. The predicted octanol–water partition coefficient (Wildman–Crippen LogP) is -2.04. The van der Waals surface area contributed by atoms with Crippen LogP contribution in [0.3, 0.4) is 0 Å². The van der Waals surface area contributed by atoms with Crippen LogP contribution in [-0.2, 0) is 0 Å². The molecule has 0 radical (unpaired) electrons. The van der Waals surface area contributed by atoms with Gasteiger partial charge in [-0.15, -0.1) is 0 Å². The highest BCUT2D eigenvalue weighted by Crippen LogP contribution is 2.56. The third kappa shape index (κ3) is 1.41. The molecule has 1 heterocycles. The third-order valence-corrected chi connectivity index (χ3v) is 4.91. The summed E-state index contributed by atoms with van der Waals surface area (Å²) >= 11 is 0. The summed E-state index contributed by atoms with van der Waals surface area (Å²) in [7, 11) is 2.35. The van der Waals surface area contributed by atoms with Crippen molar-refractivity contribution in [1.29, 1.82) is 0 Å². The van der Waals surface area contributed by atoms with Gasteiger partial charge < -0.3 is 17.3 Å². The Morgan fingerprint density at radius 1 is 1.23 bits per heavy atom. The molecule has 2 aliphatic rings. The molecule has 3 atom stereocenters. The van der Waals surface area contributed by atoms with Gasteiger partial charge >= 0.3 is 0 Å². The van der Waals surface area contributed by atoms with Crippen LogP contribution in [-0.4, -0.2) is 20.1 Å². The molecule has 1 saturated heterocycles. The van der Waals surface area contributed by atoms with Crippen molar-refractivity contribution in [3.05, 3.63) is 0 Å². The van der Waals surface area contributed by atoms with Gasteiger partial charge in [0.05, 0.1) is 20.1 Å². The molecule has 2 bridgehead atoms. The van der Waals surface area contributed by atoms with Gasteiger partial charge in [-0.1, -0.05) is 20.8 Å². The summed E-state index contributed by atoms with van der Waals surface area (Å²) in [5.41, 5.74) is 1.23. The van der Waals surface area contributed by atoms with E-state index in [9.17, 15) is 0 Å². The molecule has 1 N–H and O–H groups in total. The first-order chi connectivity index (χ1) is 5.46. The van der Waals surface area contributed by atoms with Crippen molar-refractivity contribution in [2.75, 3.05) is 20.1 Å². The summed E-state index contributed by atoms with van der Waals surface area (Å²) in [4.78, 5) is 1.75. The smallest absolute Gasteiger partial charge is 0.0828 e. The van der Waals surface area contributed by atoms with Crippen molar-refractivity contribution in [2.45, 2.75) is 33.6 Å². The van der Waals surface area contributed by atoms with Crippen LogP contribution in [0.25, 0.3) is 0 Å². The van der Waals surface area contributed by atoms with Gasteiger partial charge in [-0.05, 0) is 18.3 Å². The number of hydrogen-bond acceptors (Lipinski definition) is 0. The minimum atomic E-state index is 0. The van der Waals surface area contributed by atoms with Gasteiger partial charge in [-0.2, -0.15) is 0 Å². The van der Waals surface area contributed by atoms with Crippen molar-refractivity contribution in [3.63, 3.8) is 0 Å². The van der Waals surface area contributed by atoms with E-state index in [0.717, 1.165) is 5.92 Å². The Bertz CT molecular complexity index is 202. The van der Waals surface area contributed by atoms with Crippen molar-refractivity contribution >= 4 is 0 Å². The van der Waals surface area contributed by atoms with E-state index in [0.29, 0.717) is 10.8 Å². The number of quaternary nitrogens is 1. The maximum absolute atomic E-state index is 2.50. The Labute approximate surface area is 88.3 Å². The van der Waals surface area contributed by atoms with E-state index in [1.165, 1.54) is 25.9 Å². The van der Waals surface area contributed by atoms with Gasteiger partial charge in [0.2, 0.25) is 0 Å². The van der Waals surface area contributed by atoms with Gasteiger partial charge in [0.25, 0.3) is 0 Å². The standard InChI is InChI=1S/C11H21N.ClH/c1-10(2)9-5-6-11(10,3)8-12(4)7-9;/h9H,5-8H2,1-4H3;1H. The molecular weight excluding hydrogens is 182 g/mol. The molecule has 3 unspecified atom stereocenters. The summed E-state index contributed by atoms with van der Waals surface area (Å²) in [6.45, 7) is 10.3. The summed E-state index contributed by atoms with van der Waals surface area (Å²) < 4.78 is 0. The third-order valence-electron chi connectivity index (χ3n) is 4.91. The lowest BCUT2D eigenvalue weighted by atomic mass is 9.63. The molecule has 2 rings (SSSR count). The van der Waals surface area contributed by atoms with Crippen LogP contribution < -0.4 is 17.3 Å². The Morgan fingerprint density at radius 2 is 1.85 bits per heavy atom. The average molecular weight is 204 g/mol. The number of hydrogen-bond donors (Lipinski definition) is 1. The van der Waals surface area contributed by atoms with Crippen molar-refractivity contribution in [2.24, 2.45) is 16.7 Å². The lowest BCUT2D eigenvalue weighted by molar-refractivity contribution is -0.898. The molecule has 0 amide bonds. The number of nitrogens with one attached hydrogen (secondary N) is 1. The molecule has 2 fully saturated rings. The minimum Gasteiger partial charge on any atom is -1.00 e. The van der Waals surface area contributed by atoms with Crippen LogP contribution in [0.4, 0.5) is 0 Å². The summed E-state index contributed by atoms with van der Waals surface area (Å²) in [6.07, 6.45) is 2.93. The van der Waals surface area contributed by atoms with E-state index < -0.39 is 0 Å². The van der Waals surface area contributed by atoms with Crippen molar-refractivity contribution in [3.8, 4) is 0 Å². The van der Waals surface area contributed by atoms with E-state index in [4.69, 9.17) is 0 Å². The summed E-state index contributed by atoms with van der Waals surface area (Å²) in [6, 6.07) is 0. The second kappa shape index (κ2) is 3.13. The van der Waals surface area contributed by atoms with Gasteiger partial charge in [0.15, 0.2) is 0 Å². The van der Waals surface area contributed by atoms with E-state index in [1.54, 1.807) is 4.90 Å². The lowest BCUT2D eigenvalue weighted by Crippen LogP contribution is -3.12. The molecule has 1 saturated carbocycles. The quantitative estimate of drug-likeness (QED) is 0.463. The molecule has 1 nitrogen and oxygen atoms in total. The normalized spacial score (nSPS) is 47.1. The molecule has 0 aromatic heterocycles. The fourth-order valence-corrected chi connectivity index (χ4v) is 3.50. The highest BCUT2D eigenvalue weighted by atomic mass is 35.5. The van der Waals surface area contributed by atoms with Gasteiger partial charge in [-0.25, -0.2) is 0 Å². The summed E-state index contributed by atoms with van der Waals surface area (Å²) in [5, 5.41) is 0. The minimum absolute atomic E-state index is 0. The molecule has 0 aromatic carbocycles. The zero-order valence-electron chi connectivity index (χ0n) is 9.28. The number of rotatable bonds is 0. The Hall–Kier alpha value is 0.250. The number of likely N-dealkylation sites (tertiary alicyclic amines) is 1. The van der Waals surface area contributed by atoms with Gasteiger partial charge in [-0.3, -0.25) is 0 Å². The van der Waals surface area contributed by atoms with E-state index in [1.807, 2.05) is 0 Å². The predicted molar refractivity (Wildman–Crippen MR) is 51.2 cm³/mol. The van der Waals surface area contributed by atoms with Crippen LogP contribution >= 0.6 is 0 Å². The van der Waals surface area contributed by atoms with Crippen LogP contribution in [0, 0.1) is 16.7 Å². The van der Waals surface area contributed by atoms with Crippen LogP contribution in [0.2, 0.25) is 0 Å². The molecule has 78 valence electrons. The number of fused-ring (bicyclic) bond motifs is 2. The second-order valence-electron chi connectivity index (χ2n) is 5.86. The fraction of sp³-hybridized carbons (Fsp3) is 1.00. The maximum Gasteiger partial charge on any atom is 0.0828 e. The first-order valence-electron chi connectivity index (χ1n) is 5.27.